The van der Waals surface area contributed by atoms with Crippen molar-refractivity contribution in [2.24, 2.45) is 0 Å². The highest BCUT2D eigenvalue weighted by molar-refractivity contribution is 6.30. The summed E-state index contributed by atoms with van der Waals surface area (Å²) in [5.74, 6) is 2.09. The summed E-state index contributed by atoms with van der Waals surface area (Å²) in [6, 6.07) is 11.3. The van der Waals surface area contributed by atoms with Crippen molar-refractivity contribution in [2.75, 3.05) is 19.8 Å². The minimum Gasteiger partial charge on any atom is -0.490 e. The van der Waals surface area contributed by atoms with Crippen LogP contribution in [0.2, 0.25) is 5.02 Å². The van der Waals surface area contributed by atoms with E-state index in [2.05, 4.69) is 5.32 Å². The Morgan fingerprint density at radius 1 is 1.15 bits per heavy atom. The van der Waals surface area contributed by atoms with Crippen LogP contribution >= 0.6 is 11.6 Å². The van der Waals surface area contributed by atoms with Crippen molar-refractivity contribution >= 4 is 17.5 Å². The molecule has 0 radical (unpaired) electrons. The summed E-state index contributed by atoms with van der Waals surface area (Å²) in [6.07, 6.45) is 0.737. The van der Waals surface area contributed by atoms with Gasteiger partial charge in [0, 0.05) is 18.0 Å². The van der Waals surface area contributed by atoms with E-state index in [-0.39, 0.29) is 5.91 Å². The van der Waals surface area contributed by atoms with Crippen molar-refractivity contribution < 1.29 is 19.0 Å². The Morgan fingerprint density at radius 3 is 2.70 bits per heavy atom. The summed E-state index contributed by atoms with van der Waals surface area (Å²) >= 11 is 5.99. The summed E-state index contributed by atoms with van der Waals surface area (Å²) in [6.45, 7) is 5.57. The maximum absolute atomic E-state index is 12.4. The average Bonchev–Trinajstić information content (AvgIpc) is 3.07. The van der Waals surface area contributed by atoms with E-state index in [1.54, 1.807) is 12.1 Å². The molecule has 1 amide bonds. The van der Waals surface area contributed by atoms with Crippen molar-refractivity contribution in [1.29, 1.82) is 0 Å². The maximum atomic E-state index is 12.4. The molecule has 1 atom stereocenters. The Hall–Kier alpha value is -2.40. The molecule has 144 valence electrons. The number of halogens is 1. The summed E-state index contributed by atoms with van der Waals surface area (Å²) in [4.78, 5) is 12.4. The van der Waals surface area contributed by atoms with Crippen molar-refractivity contribution in [3.05, 3.63) is 52.5 Å². The molecule has 0 aromatic heterocycles. The van der Waals surface area contributed by atoms with Crippen molar-refractivity contribution in [3.8, 4) is 17.2 Å². The number of fused-ring (bicyclic) bond motifs is 1. The highest BCUT2D eigenvalue weighted by Gasteiger charge is 2.28. The second-order valence-corrected chi connectivity index (χ2v) is 6.69. The first kappa shape index (κ1) is 19.4. The molecule has 3 rings (SSSR count). The number of hydrogen-bond acceptors (Lipinski definition) is 4. The van der Waals surface area contributed by atoms with Gasteiger partial charge in [0.1, 0.15) is 5.75 Å². The number of rotatable bonds is 8. The van der Waals surface area contributed by atoms with Gasteiger partial charge in [-0.2, -0.15) is 0 Å². The van der Waals surface area contributed by atoms with Gasteiger partial charge in [-0.15, -0.1) is 0 Å². The summed E-state index contributed by atoms with van der Waals surface area (Å²) in [7, 11) is 0. The smallest absolute Gasteiger partial charge is 0.261 e. The molecule has 5 nitrogen and oxygen atoms in total. The van der Waals surface area contributed by atoms with Crippen molar-refractivity contribution in [3.63, 3.8) is 0 Å². The SMILES string of the molecule is CCOc1ccc(CCNC(=O)[C@H]2Cc3cc(Cl)ccc3O2)cc1OCC. The second-order valence-electron chi connectivity index (χ2n) is 6.25. The van der Waals surface area contributed by atoms with Crippen LogP contribution in [0.4, 0.5) is 0 Å². The third kappa shape index (κ3) is 4.86. The van der Waals surface area contributed by atoms with Crippen LogP contribution in [-0.4, -0.2) is 31.8 Å². The number of carbonyl (C=O) groups is 1. The molecule has 27 heavy (non-hydrogen) atoms. The quantitative estimate of drug-likeness (QED) is 0.746. The molecule has 6 heteroatoms. The molecule has 0 bridgehead atoms. The van der Waals surface area contributed by atoms with Crippen LogP contribution in [-0.2, 0) is 17.6 Å². The normalized spacial score (nSPS) is 15.0. The average molecular weight is 390 g/mol. The third-order valence-electron chi connectivity index (χ3n) is 4.31. The van der Waals surface area contributed by atoms with Gasteiger partial charge in [0.05, 0.1) is 13.2 Å². The molecule has 2 aromatic rings. The lowest BCUT2D eigenvalue weighted by Crippen LogP contribution is -2.38. The Bertz CT molecular complexity index is 809. The number of nitrogens with one attached hydrogen (secondary N) is 1. The van der Waals surface area contributed by atoms with Gasteiger partial charge in [-0.25, -0.2) is 0 Å². The summed E-state index contributed by atoms with van der Waals surface area (Å²) in [5, 5.41) is 3.60. The lowest BCUT2D eigenvalue weighted by Gasteiger charge is -2.13. The van der Waals surface area contributed by atoms with Gasteiger partial charge in [0.15, 0.2) is 17.6 Å². The van der Waals surface area contributed by atoms with E-state index in [9.17, 15) is 4.79 Å². The lowest BCUT2D eigenvalue weighted by molar-refractivity contribution is -0.127. The Morgan fingerprint density at radius 2 is 1.93 bits per heavy atom. The fourth-order valence-electron chi connectivity index (χ4n) is 3.06. The number of amides is 1. The van der Waals surface area contributed by atoms with E-state index in [4.69, 9.17) is 25.8 Å². The number of carbonyl (C=O) groups excluding carboxylic acids is 1. The molecule has 0 saturated carbocycles. The van der Waals surface area contributed by atoms with Crippen LogP contribution < -0.4 is 19.5 Å². The van der Waals surface area contributed by atoms with E-state index in [1.807, 2.05) is 38.1 Å². The minimum absolute atomic E-state index is 0.113. The zero-order valence-corrected chi connectivity index (χ0v) is 16.3. The van der Waals surface area contributed by atoms with Gasteiger partial charge >= 0.3 is 0 Å². The zero-order chi connectivity index (χ0) is 19.2. The van der Waals surface area contributed by atoms with Crippen LogP contribution in [0.5, 0.6) is 17.2 Å². The highest BCUT2D eigenvalue weighted by atomic mass is 35.5. The molecule has 1 heterocycles. The van der Waals surface area contributed by atoms with Gasteiger partial charge in [-0.05, 0) is 61.7 Å². The topological polar surface area (TPSA) is 56.8 Å². The summed E-state index contributed by atoms with van der Waals surface area (Å²) in [5.41, 5.74) is 2.04. The first-order chi connectivity index (χ1) is 13.1. The van der Waals surface area contributed by atoms with Gasteiger partial charge < -0.3 is 19.5 Å². The Balaban J connectivity index is 1.52. The van der Waals surface area contributed by atoms with E-state index < -0.39 is 6.10 Å². The molecule has 0 spiro atoms. The highest BCUT2D eigenvalue weighted by Crippen LogP contribution is 2.31. The predicted octanol–water partition coefficient (Wildman–Crippen LogP) is 3.80. The molecule has 0 unspecified atom stereocenters. The molecular weight excluding hydrogens is 366 g/mol. The fraction of sp³-hybridized carbons (Fsp3) is 0.381. The fourth-order valence-corrected chi connectivity index (χ4v) is 3.25. The van der Waals surface area contributed by atoms with Crippen LogP contribution in [0.25, 0.3) is 0 Å². The second kappa shape index (κ2) is 9.00. The van der Waals surface area contributed by atoms with Crippen LogP contribution in [0.15, 0.2) is 36.4 Å². The van der Waals surface area contributed by atoms with Crippen LogP contribution in [0.1, 0.15) is 25.0 Å². The molecule has 0 aliphatic carbocycles. The number of ether oxygens (including phenoxy) is 3. The molecule has 2 aromatic carbocycles. The van der Waals surface area contributed by atoms with Crippen molar-refractivity contribution in [1.82, 2.24) is 5.32 Å². The van der Waals surface area contributed by atoms with Gasteiger partial charge in [-0.3, -0.25) is 4.79 Å². The van der Waals surface area contributed by atoms with Crippen LogP contribution in [0.3, 0.4) is 0 Å². The van der Waals surface area contributed by atoms with Gasteiger partial charge in [0.2, 0.25) is 0 Å². The van der Waals surface area contributed by atoms with Crippen molar-refractivity contribution in [2.45, 2.75) is 32.8 Å². The van der Waals surface area contributed by atoms with Gasteiger partial charge in [0.25, 0.3) is 5.91 Å². The van der Waals surface area contributed by atoms with Gasteiger partial charge in [-0.1, -0.05) is 17.7 Å². The van der Waals surface area contributed by atoms with E-state index >= 15 is 0 Å². The Kier molecular flexibility index (Phi) is 6.45. The standard InChI is InChI=1S/C21H24ClNO4/c1-3-25-18-7-5-14(11-19(18)26-4-2)9-10-23-21(24)20-13-15-12-16(22)6-8-17(15)27-20/h5-8,11-12,20H,3-4,9-10,13H2,1-2H3,(H,23,24)/t20-/m1/s1. The maximum Gasteiger partial charge on any atom is 0.261 e. The number of hydrogen-bond donors (Lipinski definition) is 1. The first-order valence-corrected chi connectivity index (χ1v) is 9.59. The largest absolute Gasteiger partial charge is 0.490 e. The molecule has 1 aliphatic rings. The van der Waals surface area contributed by atoms with E-state index in [0.717, 1.165) is 28.4 Å². The zero-order valence-electron chi connectivity index (χ0n) is 15.6. The monoisotopic (exact) mass is 389 g/mol. The molecule has 1 aliphatic heterocycles. The third-order valence-corrected chi connectivity index (χ3v) is 4.55. The van der Waals surface area contributed by atoms with E-state index in [1.165, 1.54) is 0 Å². The molecular formula is C21H24ClNO4. The summed E-state index contributed by atoms with van der Waals surface area (Å²) < 4.78 is 16.9. The first-order valence-electron chi connectivity index (χ1n) is 9.22. The predicted molar refractivity (Wildman–Crippen MR) is 105 cm³/mol. The number of benzene rings is 2. The molecule has 0 saturated heterocycles. The minimum atomic E-state index is -0.502. The lowest BCUT2D eigenvalue weighted by atomic mass is 10.1. The Labute approximate surface area is 164 Å². The van der Waals surface area contributed by atoms with Crippen LogP contribution in [0, 0.1) is 0 Å². The molecule has 1 N–H and O–H groups in total. The molecule has 0 fully saturated rings. The van der Waals surface area contributed by atoms with E-state index in [0.29, 0.717) is 37.6 Å².